The van der Waals surface area contributed by atoms with Gasteiger partial charge < -0.3 is 5.32 Å². The Morgan fingerprint density at radius 1 is 1.23 bits per heavy atom. The molecule has 0 bridgehead atoms. The molecule has 0 rings (SSSR count). The van der Waals surface area contributed by atoms with Gasteiger partial charge in [0.15, 0.2) is 0 Å². The van der Waals surface area contributed by atoms with Gasteiger partial charge in [0.25, 0.3) is 0 Å². The van der Waals surface area contributed by atoms with E-state index in [0.29, 0.717) is 12.5 Å². The third-order valence-corrected chi connectivity index (χ3v) is 2.04. The van der Waals surface area contributed by atoms with Crippen LogP contribution in [0.1, 0.15) is 53.9 Å². The third kappa shape index (κ3) is 6.62. The van der Waals surface area contributed by atoms with Crippen LogP contribution in [-0.4, -0.2) is 11.9 Å². The predicted octanol–water partition coefficient (Wildman–Crippen LogP) is 2.73. The summed E-state index contributed by atoms with van der Waals surface area (Å²) in [6.45, 7) is 10.5. The molecule has 0 aromatic heterocycles. The Labute approximate surface area is 82.1 Å². The van der Waals surface area contributed by atoms with Crippen molar-refractivity contribution in [1.29, 1.82) is 0 Å². The first-order chi connectivity index (χ1) is 5.89. The fraction of sp³-hybridized carbons (Fsp3) is 0.909. The second-order valence-electron chi connectivity index (χ2n) is 4.82. The van der Waals surface area contributed by atoms with Crippen molar-refractivity contribution in [2.45, 2.75) is 59.9 Å². The minimum Gasteiger partial charge on any atom is -0.353 e. The topological polar surface area (TPSA) is 29.1 Å². The van der Waals surface area contributed by atoms with Gasteiger partial charge in [-0.1, -0.05) is 34.6 Å². The molecule has 0 aliphatic carbocycles. The van der Waals surface area contributed by atoms with Crippen LogP contribution < -0.4 is 5.32 Å². The summed E-state index contributed by atoms with van der Waals surface area (Å²) in [7, 11) is 0. The van der Waals surface area contributed by atoms with Gasteiger partial charge in [-0.3, -0.25) is 4.79 Å². The van der Waals surface area contributed by atoms with Crippen molar-refractivity contribution < 1.29 is 4.79 Å². The summed E-state index contributed by atoms with van der Waals surface area (Å²) >= 11 is 0. The highest BCUT2D eigenvalue weighted by molar-refractivity contribution is 5.76. The van der Waals surface area contributed by atoms with E-state index in [9.17, 15) is 4.79 Å². The minimum absolute atomic E-state index is 0.0934. The first-order valence-corrected chi connectivity index (χ1v) is 5.18. The summed E-state index contributed by atoms with van der Waals surface area (Å²) in [6, 6.07) is 0.356. The molecule has 0 radical (unpaired) electrons. The van der Waals surface area contributed by atoms with Gasteiger partial charge in [-0.05, 0) is 18.3 Å². The minimum atomic E-state index is 0.0934. The van der Waals surface area contributed by atoms with Crippen LogP contribution in [0, 0.1) is 5.41 Å². The number of carbonyl (C=O) groups is 1. The van der Waals surface area contributed by atoms with Crippen LogP contribution in [0.15, 0.2) is 0 Å². The standard InChI is InChI=1S/C11H23NO/c1-6-9(7-2)12-10(13)8-11(3,4)5/h9H,6-8H2,1-5H3,(H,12,13). The third-order valence-electron chi connectivity index (χ3n) is 2.04. The van der Waals surface area contributed by atoms with Crippen LogP contribution in [0.4, 0.5) is 0 Å². The Morgan fingerprint density at radius 2 is 1.69 bits per heavy atom. The van der Waals surface area contributed by atoms with Gasteiger partial charge in [-0.15, -0.1) is 0 Å². The molecule has 1 amide bonds. The van der Waals surface area contributed by atoms with Crippen LogP contribution in [0.3, 0.4) is 0 Å². The quantitative estimate of drug-likeness (QED) is 0.717. The molecule has 0 fully saturated rings. The maximum Gasteiger partial charge on any atom is 0.220 e. The lowest BCUT2D eigenvalue weighted by atomic mass is 9.92. The van der Waals surface area contributed by atoms with Gasteiger partial charge >= 0.3 is 0 Å². The predicted molar refractivity (Wildman–Crippen MR) is 56.6 cm³/mol. The molecule has 1 N–H and O–H groups in total. The second kappa shape index (κ2) is 5.25. The van der Waals surface area contributed by atoms with Gasteiger partial charge in [0, 0.05) is 12.5 Å². The molecule has 0 atom stereocenters. The fourth-order valence-corrected chi connectivity index (χ4v) is 1.25. The summed E-state index contributed by atoms with van der Waals surface area (Å²) in [5.74, 6) is 0.182. The van der Waals surface area contributed by atoms with Gasteiger partial charge in [-0.25, -0.2) is 0 Å². The van der Waals surface area contributed by atoms with E-state index in [1.54, 1.807) is 0 Å². The van der Waals surface area contributed by atoms with E-state index in [1.165, 1.54) is 0 Å². The Morgan fingerprint density at radius 3 is 2.00 bits per heavy atom. The molecule has 0 aliphatic rings. The first-order valence-electron chi connectivity index (χ1n) is 5.18. The lowest BCUT2D eigenvalue weighted by Gasteiger charge is -2.20. The SMILES string of the molecule is CCC(CC)NC(=O)CC(C)(C)C. The van der Waals surface area contributed by atoms with Crippen LogP contribution in [0.2, 0.25) is 0 Å². The van der Waals surface area contributed by atoms with Crippen molar-refractivity contribution in [3.63, 3.8) is 0 Å². The first kappa shape index (κ1) is 12.5. The highest BCUT2D eigenvalue weighted by Crippen LogP contribution is 2.18. The average molecular weight is 185 g/mol. The zero-order valence-corrected chi connectivity index (χ0v) is 9.61. The second-order valence-corrected chi connectivity index (χ2v) is 4.82. The monoisotopic (exact) mass is 185 g/mol. The molecule has 2 nitrogen and oxygen atoms in total. The molecule has 0 aromatic rings. The zero-order valence-electron chi connectivity index (χ0n) is 9.61. The molecule has 0 unspecified atom stereocenters. The Hall–Kier alpha value is -0.530. The Bertz CT molecular complexity index is 154. The van der Waals surface area contributed by atoms with Crippen molar-refractivity contribution in [3.8, 4) is 0 Å². The van der Waals surface area contributed by atoms with Gasteiger partial charge in [0.2, 0.25) is 5.91 Å². The van der Waals surface area contributed by atoms with E-state index in [1.807, 2.05) is 0 Å². The van der Waals surface area contributed by atoms with E-state index in [2.05, 4.69) is 39.9 Å². The summed E-state index contributed by atoms with van der Waals surface area (Å²) in [6.07, 6.45) is 2.66. The van der Waals surface area contributed by atoms with E-state index >= 15 is 0 Å². The number of hydrogen-bond acceptors (Lipinski definition) is 1. The van der Waals surface area contributed by atoms with Crippen molar-refractivity contribution in [2.75, 3.05) is 0 Å². The van der Waals surface area contributed by atoms with E-state index in [4.69, 9.17) is 0 Å². The highest BCUT2D eigenvalue weighted by Gasteiger charge is 2.17. The maximum atomic E-state index is 11.5. The molecule has 78 valence electrons. The van der Waals surface area contributed by atoms with Gasteiger partial charge in [-0.2, -0.15) is 0 Å². The normalized spacial score (nSPS) is 11.8. The van der Waals surface area contributed by atoms with Crippen LogP contribution in [0.5, 0.6) is 0 Å². The zero-order chi connectivity index (χ0) is 10.5. The van der Waals surface area contributed by atoms with Crippen molar-refractivity contribution in [2.24, 2.45) is 5.41 Å². The summed E-state index contributed by atoms with van der Waals surface area (Å²) in [5, 5.41) is 3.03. The van der Waals surface area contributed by atoms with Crippen molar-refractivity contribution >= 4 is 5.91 Å². The highest BCUT2D eigenvalue weighted by atomic mass is 16.1. The fourth-order valence-electron chi connectivity index (χ4n) is 1.25. The molecule has 0 aromatic carbocycles. The number of amides is 1. The van der Waals surface area contributed by atoms with Crippen LogP contribution in [0.25, 0.3) is 0 Å². The summed E-state index contributed by atoms with van der Waals surface area (Å²) in [5.41, 5.74) is 0.0934. The number of carbonyl (C=O) groups excluding carboxylic acids is 1. The molecule has 0 aliphatic heterocycles. The summed E-state index contributed by atoms with van der Waals surface area (Å²) in [4.78, 5) is 11.5. The lowest BCUT2D eigenvalue weighted by molar-refractivity contribution is -0.123. The number of nitrogens with one attached hydrogen (secondary N) is 1. The molecule has 0 saturated heterocycles. The molecule has 0 heterocycles. The van der Waals surface area contributed by atoms with Gasteiger partial charge in [0.1, 0.15) is 0 Å². The average Bonchev–Trinajstić information content (AvgIpc) is 1.96. The smallest absolute Gasteiger partial charge is 0.220 e. The van der Waals surface area contributed by atoms with Gasteiger partial charge in [0.05, 0.1) is 0 Å². The largest absolute Gasteiger partial charge is 0.353 e. The molecule has 2 heteroatoms. The molecule has 0 saturated carbocycles. The van der Waals surface area contributed by atoms with E-state index in [-0.39, 0.29) is 11.3 Å². The number of rotatable bonds is 4. The van der Waals surface area contributed by atoms with E-state index in [0.717, 1.165) is 12.8 Å². The number of hydrogen-bond donors (Lipinski definition) is 1. The Balaban J connectivity index is 3.86. The van der Waals surface area contributed by atoms with Crippen LogP contribution >= 0.6 is 0 Å². The summed E-state index contributed by atoms with van der Waals surface area (Å²) < 4.78 is 0. The van der Waals surface area contributed by atoms with Crippen molar-refractivity contribution in [3.05, 3.63) is 0 Å². The molecule has 0 spiro atoms. The lowest BCUT2D eigenvalue weighted by Crippen LogP contribution is -2.35. The van der Waals surface area contributed by atoms with Crippen LogP contribution in [-0.2, 0) is 4.79 Å². The molecular formula is C11H23NO. The molecular weight excluding hydrogens is 162 g/mol. The molecule has 13 heavy (non-hydrogen) atoms. The Kier molecular flexibility index (Phi) is 5.04. The van der Waals surface area contributed by atoms with Crippen molar-refractivity contribution in [1.82, 2.24) is 5.32 Å². The maximum absolute atomic E-state index is 11.5. The van der Waals surface area contributed by atoms with E-state index < -0.39 is 0 Å².